The molecule has 0 atom stereocenters. The molecule has 1 aromatic heterocycles. The van der Waals surface area contributed by atoms with E-state index in [1.54, 1.807) is 36.4 Å². The molecule has 1 aliphatic heterocycles. The fourth-order valence-corrected chi connectivity index (χ4v) is 2.58. The Morgan fingerprint density at radius 3 is 2.58 bits per heavy atom. The number of ether oxygens (including phenoxy) is 1. The first-order valence-electron chi connectivity index (χ1n) is 9.01. The predicted molar refractivity (Wildman–Crippen MR) is 104 cm³/mol. The average Bonchev–Trinajstić information content (AvgIpc) is 3.34. The molecule has 162 valence electrons. The third kappa shape index (κ3) is 5.45. The number of amides is 3. The summed E-state index contributed by atoms with van der Waals surface area (Å²) in [7, 11) is 0. The first-order valence-corrected chi connectivity index (χ1v) is 9.01. The molecular formula is C19H18N4O8. The van der Waals surface area contributed by atoms with Gasteiger partial charge in [0.25, 0.3) is 5.91 Å². The van der Waals surface area contributed by atoms with Crippen LogP contribution in [0.2, 0.25) is 0 Å². The van der Waals surface area contributed by atoms with Gasteiger partial charge in [-0.05, 0) is 36.4 Å². The summed E-state index contributed by atoms with van der Waals surface area (Å²) in [6.45, 7) is -0.961. The van der Waals surface area contributed by atoms with E-state index >= 15 is 0 Å². The minimum absolute atomic E-state index is 0.332. The summed E-state index contributed by atoms with van der Waals surface area (Å²) in [5.74, 6) is -1.75. The summed E-state index contributed by atoms with van der Waals surface area (Å²) >= 11 is 0. The smallest absolute Gasteiger partial charge is 0.350 e. The lowest BCUT2D eigenvalue weighted by Gasteiger charge is -2.13. The maximum atomic E-state index is 12.3. The number of esters is 1. The van der Waals surface area contributed by atoms with Gasteiger partial charge in [0.1, 0.15) is 18.1 Å². The van der Waals surface area contributed by atoms with Crippen molar-refractivity contribution in [3.05, 3.63) is 42.2 Å². The van der Waals surface area contributed by atoms with Gasteiger partial charge in [0.05, 0.1) is 24.7 Å². The van der Waals surface area contributed by atoms with Gasteiger partial charge in [0.15, 0.2) is 6.73 Å². The predicted octanol–water partition coefficient (Wildman–Crippen LogP) is 1.71. The van der Waals surface area contributed by atoms with Crippen molar-refractivity contribution >= 4 is 35.8 Å². The Kier molecular flexibility index (Phi) is 6.62. The van der Waals surface area contributed by atoms with Crippen molar-refractivity contribution < 1.29 is 38.6 Å². The van der Waals surface area contributed by atoms with Crippen molar-refractivity contribution in [3.8, 4) is 11.3 Å². The summed E-state index contributed by atoms with van der Waals surface area (Å²) in [6, 6.07) is 9.31. The number of hydrogen-bond acceptors (Lipinski definition) is 9. The number of carbonyl (C=O) groups excluding carboxylic acids is 3. The highest BCUT2D eigenvalue weighted by Gasteiger charge is 2.36. The quantitative estimate of drug-likeness (QED) is 0.233. The number of hydrazone groups is 1. The maximum Gasteiger partial charge on any atom is 0.350 e. The lowest BCUT2D eigenvalue weighted by atomic mass is 10.1. The number of aliphatic carboxylic acids is 1. The van der Waals surface area contributed by atoms with Crippen molar-refractivity contribution in [2.24, 2.45) is 5.10 Å². The third-order valence-electron chi connectivity index (χ3n) is 4.19. The molecule has 1 fully saturated rings. The van der Waals surface area contributed by atoms with Gasteiger partial charge in [-0.25, -0.2) is 14.7 Å². The summed E-state index contributed by atoms with van der Waals surface area (Å²) < 4.78 is 10.4. The van der Waals surface area contributed by atoms with Crippen LogP contribution in [0.4, 0.5) is 10.5 Å². The second-order valence-electron chi connectivity index (χ2n) is 6.34. The highest BCUT2D eigenvalue weighted by Crippen LogP contribution is 2.23. The van der Waals surface area contributed by atoms with Gasteiger partial charge in [-0.2, -0.15) is 5.10 Å². The molecular weight excluding hydrogens is 412 g/mol. The fourth-order valence-electron chi connectivity index (χ4n) is 2.58. The van der Waals surface area contributed by atoms with E-state index in [4.69, 9.17) is 19.5 Å². The number of hydrogen-bond donors (Lipinski definition) is 3. The second kappa shape index (κ2) is 9.54. The van der Waals surface area contributed by atoms with Crippen LogP contribution in [0.1, 0.15) is 18.6 Å². The summed E-state index contributed by atoms with van der Waals surface area (Å²) in [6.07, 6.45) is 0.485. The van der Waals surface area contributed by atoms with E-state index in [2.05, 4.69) is 5.10 Å². The minimum Gasteiger partial charge on any atom is -0.481 e. The molecule has 1 aliphatic rings. The Morgan fingerprint density at radius 1 is 1.16 bits per heavy atom. The third-order valence-corrected chi connectivity index (χ3v) is 4.19. The van der Waals surface area contributed by atoms with Gasteiger partial charge in [-0.3, -0.25) is 25.1 Å². The molecule has 0 saturated carbocycles. The Bertz CT molecular complexity index is 1010. The summed E-state index contributed by atoms with van der Waals surface area (Å²) in [5.41, 5.74) is 3.30. The Hall–Kier alpha value is -4.19. The maximum absolute atomic E-state index is 12.3. The molecule has 31 heavy (non-hydrogen) atoms. The second-order valence-corrected chi connectivity index (χ2v) is 6.34. The highest BCUT2D eigenvalue weighted by molar-refractivity contribution is 6.02. The number of benzene rings is 1. The molecule has 12 heteroatoms. The molecule has 2 heterocycles. The number of rotatable bonds is 9. The highest BCUT2D eigenvalue weighted by atomic mass is 16.5. The summed E-state index contributed by atoms with van der Waals surface area (Å²) in [5, 5.41) is 22.2. The summed E-state index contributed by atoms with van der Waals surface area (Å²) in [4.78, 5) is 46.9. The molecule has 2 aromatic rings. The molecule has 0 radical (unpaired) electrons. The first-order chi connectivity index (χ1) is 14.9. The van der Waals surface area contributed by atoms with Gasteiger partial charge >= 0.3 is 18.0 Å². The standard InChI is InChI=1S/C19H18N4O8/c24-16-10-23(19(28)22(16)11-30-18(27)8-7-17(25)26)20-9-14-5-6-15(31-14)12-1-3-13(21-29)4-2-12/h1-6,9,21,29H,7-8,10-11H2,(H,25,26)/b20-9+. The van der Waals surface area contributed by atoms with Crippen LogP contribution in [0, 0.1) is 0 Å². The monoisotopic (exact) mass is 430 g/mol. The largest absolute Gasteiger partial charge is 0.481 e. The van der Waals surface area contributed by atoms with Crippen molar-refractivity contribution in [3.63, 3.8) is 0 Å². The van der Waals surface area contributed by atoms with Crippen molar-refractivity contribution in [2.75, 3.05) is 18.8 Å². The van der Waals surface area contributed by atoms with Crippen molar-refractivity contribution in [2.45, 2.75) is 12.8 Å². The first kappa shape index (κ1) is 21.5. The lowest BCUT2D eigenvalue weighted by molar-refractivity contribution is -0.152. The van der Waals surface area contributed by atoms with E-state index < -0.39 is 37.0 Å². The Balaban J connectivity index is 1.57. The van der Waals surface area contributed by atoms with E-state index in [0.717, 1.165) is 10.6 Å². The van der Waals surface area contributed by atoms with Crippen LogP contribution in [0.15, 0.2) is 45.9 Å². The number of furan rings is 1. The topological polar surface area (TPSA) is 162 Å². The van der Waals surface area contributed by atoms with Gasteiger partial charge in [0.2, 0.25) is 0 Å². The SMILES string of the molecule is O=C(O)CCC(=O)OCN1C(=O)CN(/N=C/c2ccc(-c3ccc(NO)cc3)o2)C1=O. The number of urea groups is 1. The number of carbonyl (C=O) groups is 4. The van der Waals surface area contributed by atoms with Crippen LogP contribution < -0.4 is 5.48 Å². The minimum atomic E-state index is -1.16. The molecule has 3 N–H and O–H groups in total. The number of nitrogens with zero attached hydrogens (tertiary/aromatic N) is 3. The number of anilines is 1. The van der Waals surface area contributed by atoms with Gasteiger partial charge in [-0.15, -0.1) is 0 Å². The zero-order valence-corrected chi connectivity index (χ0v) is 16.1. The number of carboxylic acid groups (broad SMARTS) is 1. The molecule has 0 aliphatic carbocycles. The average molecular weight is 430 g/mol. The molecule has 3 rings (SSSR count). The molecule has 0 bridgehead atoms. The Morgan fingerprint density at radius 2 is 1.90 bits per heavy atom. The molecule has 0 spiro atoms. The normalized spacial score (nSPS) is 13.8. The van der Waals surface area contributed by atoms with Crippen LogP contribution in [0.3, 0.4) is 0 Å². The van der Waals surface area contributed by atoms with Crippen LogP contribution >= 0.6 is 0 Å². The van der Waals surface area contributed by atoms with Crippen molar-refractivity contribution in [1.82, 2.24) is 9.91 Å². The van der Waals surface area contributed by atoms with Crippen LogP contribution in [-0.4, -0.2) is 63.6 Å². The van der Waals surface area contributed by atoms with Gasteiger partial charge < -0.3 is 14.3 Å². The molecule has 1 aromatic carbocycles. The van der Waals surface area contributed by atoms with Crippen molar-refractivity contribution in [1.29, 1.82) is 0 Å². The van der Waals surface area contributed by atoms with Gasteiger partial charge in [-0.1, -0.05) is 0 Å². The lowest BCUT2D eigenvalue weighted by Crippen LogP contribution is -2.34. The van der Waals surface area contributed by atoms with Crippen LogP contribution in [0.5, 0.6) is 0 Å². The number of imide groups is 1. The number of carboxylic acids is 1. The zero-order valence-electron chi connectivity index (χ0n) is 16.1. The molecule has 12 nitrogen and oxygen atoms in total. The molecule has 3 amide bonds. The van der Waals surface area contributed by atoms with Crippen LogP contribution in [0.25, 0.3) is 11.3 Å². The van der Waals surface area contributed by atoms with Gasteiger partial charge in [0, 0.05) is 5.56 Å². The Labute approximate surface area is 175 Å². The van der Waals surface area contributed by atoms with E-state index in [0.29, 0.717) is 22.1 Å². The number of nitrogens with one attached hydrogen (secondary N) is 1. The van der Waals surface area contributed by atoms with E-state index in [9.17, 15) is 19.2 Å². The van der Waals surface area contributed by atoms with E-state index in [-0.39, 0.29) is 13.0 Å². The van der Waals surface area contributed by atoms with E-state index in [1.807, 2.05) is 5.48 Å². The molecule has 1 saturated heterocycles. The van der Waals surface area contributed by atoms with E-state index in [1.165, 1.54) is 6.21 Å². The fraction of sp³-hybridized carbons (Fsp3) is 0.211. The molecule has 0 unspecified atom stereocenters. The zero-order chi connectivity index (χ0) is 22.4. The van der Waals surface area contributed by atoms with Crippen LogP contribution in [-0.2, 0) is 19.1 Å².